The summed E-state index contributed by atoms with van der Waals surface area (Å²) in [6.45, 7) is -0.00764. The van der Waals surface area contributed by atoms with Crippen molar-refractivity contribution < 1.29 is 15.0 Å². The van der Waals surface area contributed by atoms with Gasteiger partial charge in [0, 0.05) is 6.61 Å². The Morgan fingerprint density at radius 2 is 2.11 bits per heavy atom. The van der Waals surface area contributed by atoms with Crippen molar-refractivity contribution in [3.8, 4) is 0 Å². The molecule has 0 aromatic rings. The summed E-state index contributed by atoms with van der Waals surface area (Å²) >= 11 is 0. The van der Waals surface area contributed by atoms with Gasteiger partial charge in [-0.25, -0.2) is 0 Å². The smallest absolute Gasteiger partial charge is 0.309 e. The van der Waals surface area contributed by atoms with Gasteiger partial charge in [-0.05, 0) is 19.3 Å². The summed E-state index contributed by atoms with van der Waals surface area (Å²) in [6, 6.07) is 0. The van der Waals surface area contributed by atoms with Gasteiger partial charge < -0.3 is 10.2 Å². The second kappa shape index (κ2) is 1.99. The van der Waals surface area contributed by atoms with Crippen LogP contribution in [0, 0.1) is 5.41 Å². The van der Waals surface area contributed by atoms with Crippen molar-refractivity contribution in [2.45, 2.75) is 19.3 Å². The fourth-order valence-electron chi connectivity index (χ4n) is 0.936. The lowest BCUT2D eigenvalue weighted by Gasteiger charge is -2.04. The molecule has 0 aromatic carbocycles. The zero-order valence-electron chi connectivity index (χ0n) is 5.13. The lowest BCUT2D eigenvalue weighted by Crippen LogP contribution is -2.15. The molecule has 0 aromatic heterocycles. The van der Waals surface area contributed by atoms with E-state index in [-0.39, 0.29) is 6.61 Å². The van der Waals surface area contributed by atoms with Gasteiger partial charge in [0.05, 0.1) is 5.41 Å². The van der Waals surface area contributed by atoms with Crippen LogP contribution in [0.15, 0.2) is 0 Å². The fourth-order valence-corrected chi connectivity index (χ4v) is 0.936. The van der Waals surface area contributed by atoms with E-state index in [0.29, 0.717) is 6.42 Å². The number of carbonyl (C=O) groups is 1. The molecule has 0 spiro atoms. The van der Waals surface area contributed by atoms with Crippen molar-refractivity contribution >= 4 is 5.97 Å². The predicted octanol–water partition coefficient (Wildman–Crippen LogP) is 0.234. The lowest BCUT2D eigenvalue weighted by atomic mass is 10.0. The third kappa shape index (κ3) is 1.05. The zero-order chi connectivity index (χ0) is 6.91. The van der Waals surface area contributed by atoms with Crippen molar-refractivity contribution in [3.05, 3.63) is 0 Å². The minimum absolute atomic E-state index is 0.00764. The largest absolute Gasteiger partial charge is 0.481 e. The number of rotatable bonds is 3. The second-order valence-corrected chi connectivity index (χ2v) is 2.56. The zero-order valence-corrected chi connectivity index (χ0v) is 5.13. The van der Waals surface area contributed by atoms with Crippen LogP contribution in [0.4, 0.5) is 0 Å². The van der Waals surface area contributed by atoms with Gasteiger partial charge in [0.25, 0.3) is 0 Å². The molecule has 1 aliphatic carbocycles. The lowest BCUT2D eigenvalue weighted by molar-refractivity contribution is -0.143. The molecular weight excluding hydrogens is 120 g/mol. The van der Waals surface area contributed by atoms with Gasteiger partial charge >= 0.3 is 5.97 Å². The number of aliphatic hydroxyl groups is 1. The molecule has 0 heterocycles. The van der Waals surface area contributed by atoms with Crippen molar-refractivity contribution in [1.29, 1.82) is 0 Å². The molecule has 1 saturated carbocycles. The summed E-state index contributed by atoms with van der Waals surface area (Å²) < 4.78 is 0. The van der Waals surface area contributed by atoms with Gasteiger partial charge in [0.1, 0.15) is 0 Å². The van der Waals surface area contributed by atoms with E-state index in [0.717, 1.165) is 12.8 Å². The molecule has 0 unspecified atom stereocenters. The van der Waals surface area contributed by atoms with Crippen LogP contribution in [0.3, 0.4) is 0 Å². The fraction of sp³-hybridized carbons (Fsp3) is 0.833. The molecule has 0 radical (unpaired) electrons. The van der Waals surface area contributed by atoms with E-state index in [4.69, 9.17) is 10.2 Å². The molecule has 1 aliphatic rings. The molecule has 2 N–H and O–H groups in total. The van der Waals surface area contributed by atoms with E-state index in [2.05, 4.69) is 0 Å². The predicted molar refractivity (Wildman–Crippen MR) is 31.0 cm³/mol. The number of hydrogen-bond acceptors (Lipinski definition) is 2. The molecule has 0 aliphatic heterocycles. The quantitative estimate of drug-likeness (QED) is 0.575. The number of aliphatic hydroxyl groups excluding tert-OH is 1. The topological polar surface area (TPSA) is 57.5 Å². The maximum atomic E-state index is 10.4. The third-order valence-electron chi connectivity index (χ3n) is 1.90. The van der Waals surface area contributed by atoms with Crippen LogP contribution in [-0.2, 0) is 4.79 Å². The van der Waals surface area contributed by atoms with Gasteiger partial charge in [-0.2, -0.15) is 0 Å². The van der Waals surface area contributed by atoms with E-state index in [1.54, 1.807) is 0 Å². The van der Waals surface area contributed by atoms with Gasteiger partial charge in [-0.15, -0.1) is 0 Å². The Kier molecular flexibility index (Phi) is 1.45. The third-order valence-corrected chi connectivity index (χ3v) is 1.90. The molecule has 0 bridgehead atoms. The van der Waals surface area contributed by atoms with Crippen molar-refractivity contribution in [3.63, 3.8) is 0 Å². The summed E-state index contributed by atoms with van der Waals surface area (Å²) in [5.74, 6) is -0.753. The highest BCUT2D eigenvalue weighted by atomic mass is 16.4. The number of aliphatic carboxylic acids is 1. The highest BCUT2D eigenvalue weighted by Gasteiger charge is 2.49. The van der Waals surface area contributed by atoms with Crippen LogP contribution in [0.2, 0.25) is 0 Å². The molecule has 1 rings (SSSR count). The van der Waals surface area contributed by atoms with E-state index in [1.165, 1.54) is 0 Å². The van der Waals surface area contributed by atoms with Crippen molar-refractivity contribution in [2.24, 2.45) is 5.41 Å². The van der Waals surface area contributed by atoms with Crippen molar-refractivity contribution in [1.82, 2.24) is 0 Å². The minimum atomic E-state index is -0.753. The van der Waals surface area contributed by atoms with E-state index >= 15 is 0 Å². The molecule has 9 heavy (non-hydrogen) atoms. The summed E-state index contributed by atoms with van der Waals surface area (Å²) in [7, 11) is 0. The number of carboxylic acids is 1. The van der Waals surface area contributed by atoms with E-state index in [9.17, 15) is 4.79 Å². The Morgan fingerprint density at radius 3 is 2.22 bits per heavy atom. The molecule has 0 atom stereocenters. The van der Waals surface area contributed by atoms with Crippen molar-refractivity contribution in [2.75, 3.05) is 6.61 Å². The monoisotopic (exact) mass is 130 g/mol. The first-order valence-electron chi connectivity index (χ1n) is 3.05. The van der Waals surface area contributed by atoms with Crippen LogP contribution in [0.1, 0.15) is 19.3 Å². The van der Waals surface area contributed by atoms with Gasteiger partial charge in [0.15, 0.2) is 0 Å². The Hall–Kier alpha value is -0.570. The number of hydrogen-bond donors (Lipinski definition) is 2. The Labute approximate surface area is 53.3 Å². The molecular formula is C6H10O3. The summed E-state index contributed by atoms with van der Waals surface area (Å²) in [6.07, 6.45) is 1.90. The standard InChI is InChI=1S/C6H10O3/c7-4-3-6(1-2-6)5(8)9/h7H,1-4H2,(H,8,9). The van der Waals surface area contributed by atoms with Gasteiger partial charge in [0.2, 0.25) is 0 Å². The Balaban J connectivity index is 2.43. The molecule has 0 saturated heterocycles. The molecule has 1 fully saturated rings. The molecule has 52 valence electrons. The van der Waals surface area contributed by atoms with Crippen LogP contribution >= 0.6 is 0 Å². The average molecular weight is 130 g/mol. The first kappa shape index (κ1) is 6.55. The molecule has 0 amide bonds. The maximum Gasteiger partial charge on any atom is 0.309 e. The van der Waals surface area contributed by atoms with Crippen LogP contribution in [0.25, 0.3) is 0 Å². The number of carboxylic acid groups (broad SMARTS) is 1. The molecule has 3 heteroatoms. The van der Waals surface area contributed by atoms with Gasteiger partial charge in [-0.1, -0.05) is 0 Å². The first-order valence-corrected chi connectivity index (χ1v) is 3.05. The van der Waals surface area contributed by atoms with Crippen LogP contribution in [0.5, 0.6) is 0 Å². The normalized spacial score (nSPS) is 21.4. The maximum absolute atomic E-state index is 10.4. The summed E-state index contributed by atoms with van der Waals surface area (Å²) in [4.78, 5) is 10.4. The summed E-state index contributed by atoms with van der Waals surface area (Å²) in [5.41, 5.74) is -0.533. The highest BCUT2D eigenvalue weighted by molar-refractivity contribution is 5.77. The summed E-state index contributed by atoms with van der Waals surface area (Å²) in [5, 5.41) is 17.0. The SMILES string of the molecule is O=C(O)C1(CCO)CC1. The highest BCUT2D eigenvalue weighted by Crippen LogP contribution is 2.48. The van der Waals surface area contributed by atoms with Crippen LogP contribution in [-0.4, -0.2) is 22.8 Å². The molecule has 3 nitrogen and oxygen atoms in total. The Morgan fingerprint density at radius 1 is 1.56 bits per heavy atom. The average Bonchev–Trinajstić information content (AvgIpc) is 2.49. The Bertz CT molecular complexity index is 126. The van der Waals surface area contributed by atoms with E-state index < -0.39 is 11.4 Å². The first-order chi connectivity index (χ1) is 4.21. The second-order valence-electron chi connectivity index (χ2n) is 2.56. The minimum Gasteiger partial charge on any atom is -0.481 e. The van der Waals surface area contributed by atoms with Crippen LogP contribution < -0.4 is 0 Å². The van der Waals surface area contributed by atoms with Gasteiger partial charge in [-0.3, -0.25) is 4.79 Å². The van der Waals surface area contributed by atoms with E-state index in [1.807, 2.05) is 0 Å².